The van der Waals surface area contributed by atoms with Crippen LogP contribution in [0, 0.1) is 17.8 Å². The first-order chi connectivity index (χ1) is 15.9. The number of nitrogens with zero attached hydrogens (tertiary/aromatic N) is 3. The van der Waals surface area contributed by atoms with E-state index in [4.69, 9.17) is 4.74 Å². The number of morpholine rings is 1. The molecule has 0 unspecified atom stereocenters. The molecule has 2 aromatic rings. The number of carbonyl (C=O) groups is 1. The Hall–Kier alpha value is -1.88. The van der Waals surface area contributed by atoms with Gasteiger partial charge in [-0.25, -0.2) is 8.42 Å². The number of carbonyl (C=O) groups excluding carboxylic acids is 1. The summed E-state index contributed by atoms with van der Waals surface area (Å²) < 4.78 is 32.2. The molecule has 10 heteroatoms. The highest BCUT2D eigenvalue weighted by molar-refractivity contribution is 7.89. The zero-order valence-corrected chi connectivity index (χ0v) is 20.0. The minimum absolute atomic E-state index is 0.158. The van der Waals surface area contributed by atoms with E-state index in [1.807, 2.05) is 0 Å². The van der Waals surface area contributed by atoms with Crippen LogP contribution in [0.2, 0.25) is 0 Å². The second kappa shape index (κ2) is 8.11. The lowest BCUT2D eigenvalue weighted by atomic mass is 9.50. The number of ether oxygens (including phenoxy) is 1. The van der Waals surface area contributed by atoms with Gasteiger partial charge in [-0.2, -0.15) is 4.31 Å². The van der Waals surface area contributed by atoms with Crippen LogP contribution in [0.25, 0.3) is 0 Å². The fourth-order valence-electron chi connectivity index (χ4n) is 6.74. The van der Waals surface area contributed by atoms with Crippen LogP contribution in [0.3, 0.4) is 0 Å². The van der Waals surface area contributed by atoms with Crippen LogP contribution < -0.4 is 5.32 Å². The Kier molecular flexibility index (Phi) is 5.32. The van der Waals surface area contributed by atoms with Gasteiger partial charge in [-0.05, 0) is 80.5 Å². The molecule has 1 aliphatic heterocycles. The zero-order chi connectivity index (χ0) is 22.6. The van der Waals surface area contributed by atoms with Crippen LogP contribution in [-0.4, -0.2) is 55.1 Å². The first-order valence-electron chi connectivity index (χ1n) is 11.7. The summed E-state index contributed by atoms with van der Waals surface area (Å²) in [4.78, 5) is 13.0. The molecule has 4 saturated carbocycles. The second-order valence-electron chi connectivity index (χ2n) is 10.1. The van der Waals surface area contributed by atoms with E-state index < -0.39 is 10.0 Å². The lowest BCUT2D eigenvalue weighted by molar-refractivity contribution is -0.00555. The maximum absolute atomic E-state index is 12.8. The maximum Gasteiger partial charge on any atom is 0.257 e. The standard InChI is InChI=1S/C23H28N4O4S2/c28-20(18-1-3-19(4-2-18)33(29,30)27-5-7-31-8-6-27)24-22-26-25-21(32-22)23-12-15-9-16(13-23)11-17(10-15)14-23/h1-4,15-17H,5-14H2,(H,24,26,28). The molecule has 0 atom stereocenters. The summed E-state index contributed by atoms with van der Waals surface area (Å²) in [5.74, 6) is 2.17. The largest absolute Gasteiger partial charge is 0.379 e. The Morgan fingerprint density at radius 1 is 1.00 bits per heavy atom. The maximum atomic E-state index is 12.8. The molecule has 1 saturated heterocycles. The van der Waals surface area contributed by atoms with E-state index in [1.165, 1.54) is 66.3 Å². The molecule has 176 valence electrons. The van der Waals surface area contributed by atoms with E-state index in [1.54, 1.807) is 12.1 Å². The minimum atomic E-state index is -3.58. The van der Waals surface area contributed by atoms with Gasteiger partial charge >= 0.3 is 0 Å². The molecule has 33 heavy (non-hydrogen) atoms. The summed E-state index contributed by atoms with van der Waals surface area (Å²) in [6.07, 6.45) is 7.75. The van der Waals surface area contributed by atoms with E-state index in [2.05, 4.69) is 15.5 Å². The SMILES string of the molecule is O=C(Nc1nnc(C23CC4CC(CC(C4)C2)C3)s1)c1ccc(S(=O)(=O)N2CCOCC2)cc1. The van der Waals surface area contributed by atoms with Gasteiger partial charge in [-0.1, -0.05) is 11.3 Å². The molecule has 1 aromatic heterocycles. The normalized spacial score (nSPS) is 31.6. The summed E-state index contributed by atoms with van der Waals surface area (Å²) in [5, 5.41) is 13.2. The Bertz CT molecular complexity index is 1120. The fourth-order valence-corrected chi connectivity index (χ4v) is 9.11. The van der Waals surface area contributed by atoms with Crippen molar-refractivity contribution >= 4 is 32.4 Å². The molecule has 1 aromatic carbocycles. The third-order valence-electron chi connectivity index (χ3n) is 7.86. The van der Waals surface area contributed by atoms with Crippen LogP contribution in [0.15, 0.2) is 29.2 Å². The number of hydrogen-bond acceptors (Lipinski definition) is 7. The summed E-state index contributed by atoms with van der Waals surface area (Å²) in [7, 11) is -3.58. The molecule has 4 bridgehead atoms. The van der Waals surface area contributed by atoms with Crippen molar-refractivity contribution in [3.05, 3.63) is 34.8 Å². The van der Waals surface area contributed by atoms with Crippen LogP contribution in [0.5, 0.6) is 0 Å². The van der Waals surface area contributed by atoms with Crippen molar-refractivity contribution in [2.24, 2.45) is 17.8 Å². The van der Waals surface area contributed by atoms with E-state index in [9.17, 15) is 13.2 Å². The monoisotopic (exact) mass is 488 g/mol. The summed E-state index contributed by atoms with van der Waals surface area (Å²) in [6.45, 7) is 1.47. The number of sulfonamides is 1. The van der Waals surface area contributed by atoms with Gasteiger partial charge in [0, 0.05) is 24.1 Å². The van der Waals surface area contributed by atoms with Crippen LogP contribution >= 0.6 is 11.3 Å². The molecule has 1 N–H and O–H groups in total. The average Bonchev–Trinajstić information content (AvgIpc) is 3.28. The molecule has 1 amide bonds. The van der Waals surface area contributed by atoms with Gasteiger partial charge in [-0.15, -0.1) is 10.2 Å². The number of aromatic nitrogens is 2. The number of anilines is 1. The van der Waals surface area contributed by atoms with Gasteiger partial charge in [0.1, 0.15) is 5.01 Å². The van der Waals surface area contributed by atoms with Gasteiger partial charge in [0.05, 0.1) is 18.1 Å². The number of nitrogens with one attached hydrogen (secondary N) is 1. The number of hydrogen-bond donors (Lipinski definition) is 1. The third-order valence-corrected chi connectivity index (χ3v) is 10.9. The van der Waals surface area contributed by atoms with E-state index >= 15 is 0 Å². The van der Waals surface area contributed by atoms with Crippen LogP contribution in [-0.2, 0) is 20.2 Å². The number of amides is 1. The summed E-state index contributed by atoms with van der Waals surface area (Å²) in [5.41, 5.74) is 0.549. The highest BCUT2D eigenvalue weighted by Gasteiger charge is 2.53. The Labute approximate surface area is 197 Å². The third kappa shape index (κ3) is 3.90. The molecule has 2 heterocycles. The van der Waals surface area contributed by atoms with Crippen molar-refractivity contribution in [1.82, 2.24) is 14.5 Å². The van der Waals surface area contributed by atoms with Crippen LogP contribution in [0.4, 0.5) is 5.13 Å². The summed E-state index contributed by atoms with van der Waals surface area (Å²) >= 11 is 1.50. The molecular weight excluding hydrogens is 460 g/mol. The molecule has 5 fully saturated rings. The molecule has 4 aliphatic carbocycles. The van der Waals surface area contributed by atoms with Crippen molar-refractivity contribution < 1.29 is 17.9 Å². The van der Waals surface area contributed by atoms with Crippen molar-refractivity contribution in [2.75, 3.05) is 31.6 Å². The molecule has 0 spiro atoms. The minimum Gasteiger partial charge on any atom is -0.379 e. The smallest absolute Gasteiger partial charge is 0.257 e. The highest BCUT2D eigenvalue weighted by atomic mass is 32.2. The molecular formula is C23H28N4O4S2. The van der Waals surface area contributed by atoms with Crippen LogP contribution in [0.1, 0.15) is 53.9 Å². The average molecular weight is 489 g/mol. The second-order valence-corrected chi connectivity index (χ2v) is 13.0. The van der Waals surface area contributed by atoms with E-state index in [-0.39, 0.29) is 16.2 Å². The highest BCUT2D eigenvalue weighted by Crippen LogP contribution is 2.61. The van der Waals surface area contributed by atoms with Crippen molar-refractivity contribution in [1.29, 1.82) is 0 Å². The Balaban J connectivity index is 1.15. The Morgan fingerprint density at radius 3 is 2.21 bits per heavy atom. The zero-order valence-electron chi connectivity index (χ0n) is 18.4. The van der Waals surface area contributed by atoms with Gasteiger partial charge in [-0.3, -0.25) is 10.1 Å². The lowest BCUT2D eigenvalue weighted by Gasteiger charge is -2.55. The van der Waals surface area contributed by atoms with E-state index in [0.717, 1.165) is 22.8 Å². The molecule has 8 nitrogen and oxygen atoms in total. The van der Waals surface area contributed by atoms with E-state index in [0.29, 0.717) is 37.0 Å². The fraction of sp³-hybridized carbons (Fsp3) is 0.609. The van der Waals surface area contributed by atoms with Crippen molar-refractivity contribution in [2.45, 2.75) is 48.8 Å². The molecule has 5 aliphatic rings. The summed E-state index contributed by atoms with van der Waals surface area (Å²) in [6, 6.07) is 6.06. The molecule has 0 radical (unpaired) electrons. The number of rotatable bonds is 5. The van der Waals surface area contributed by atoms with Crippen molar-refractivity contribution in [3.8, 4) is 0 Å². The predicted octanol–water partition coefficient (Wildman–Crippen LogP) is 3.28. The van der Waals surface area contributed by atoms with Gasteiger partial charge in [0.25, 0.3) is 5.91 Å². The lowest BCUT2D eigenvalue weighted by Crippen LogP contribution is -2.48. The van der Waals surface area contributed by atoms with Gasteiger partial charge in [0.15, 0.2) is 0 Å². The predicted molar refractivity (Wildman–Crippen MR) is 124 cm³/mol. The first-order valence-corrected chi connectivity index (χ1v) is 14.0. The molecule has 7 rings (SSSR count). The number of benzene rings is 1. The first kappa shape index (κ1) is 21.6. The quantitative estimate of drug-likeness (QED) is 0.693. The topological polar surface area (TPSA) is 101 Å². The van der Waals surface area contributed by atoms with Gasteiger partial charge < -0.3 is 4.74 Å². The Morgan fingerprint density at radius 2 is 1.61 bits per heavy atom. The van der Waals surface area contributed by atoms with Gasteiger partial charge in [0.2, 0.25) is 15.2 Å². The van der Waals surface area contributed by atoms with Crippen molar-refractivity contribution in [3.63, 3.8) is 0 Å².